The first-order valence-corrected chi connectivity index (χ1v) is 7.40. The van der Waals surface area contributed by atoms with Crippen LogP contribution in [0.1, 0.15) is 65.0 Å². The summed E-state index contributed by atoms with van der Waals surface area (Å²) in [6.07, 6.45) is 9.30. The van der Waals surface area contributed by atoms with Gasteiger partial charge in [-0.3, -0.25) is 0 Å². The molecule has 1 rings (SSSR count). The second-order valence-corrected chi connectivity index (χ2v) is 5.90. The standard InChI is InChI=1S/C14H23BrN2/c1-4-6-7-8-9-14(3,5-2)13-10-12(15)11-16-17-13/h10-11H,4-9H2,1-3H3. The fraction of sp³-hybridized carbons (Fsp3) is 0.714. The van der Waals surface area contributed by atoms with Crippen molar-refractivity contribution in [2.45, 2.75) is 64.7 Å². The largest absolute Gasteiger partial charge is 0.158 e. The molecule has 0 bridgehead atoms. The molecule has 1 unspecified atom stereocenters. The summed E-state index contributed by atoms with van der Waals surface area (Å²) in [6.45, 7) is 6.79. The van der Waals surface area contributed by atoms with E-state index in [1.165, 1.54) is 32.1 Å². The number of unbranched alkanes of at least 4 members (excludes halogenated alkanes) is 3. The highest BCUT2D eigenvalue weighted by Gasteiger charge is 2.26. The summed E-state index contributed by atoms with van der Waals surface area (Å²) in [6, 6.07) is 2.11. The lowest BCUT2D eigenvalue weighted by atomic mass is 9.79. The molecule has 1 heterocycles. The van der Waals surface area contributed by atoms with Gasteiger partial charge in [-0.15, -0.1) is 0 Å². The number of aromatic nitrogens is 2. The molecule has 0 fully saturated rings. The minimum absolute atomic E-state index is 0.171. The zero-order valence-corrected chi connectivity index (χ0v) is 12.8. The van der Waals surface area contributed by atoms with Crippen LogP contribution in [0.4, 0.5) is 0 Å². The quantitative estimate of drug-likeness (QED) is 0.671. The molecule has 0 saturated carbocycles. The Balaban J connectivity index is 2.67. The molecule has 0 amide bonds. The van der Waals surface area contributed by atoms with Gasteiger partial charge in [0.1, 0.15) is 0 Å². The van der Waals surface area contributed by atoms with Crippen LogP contribution in [0.25, 0.3) is 0 Å². The van der Waals surface area contributed by atoms with Crippen molar-refractivity contribution in [1.82, 2.24) is 10.2 Å². The molecule has 0 aliphatic heterocycles. The predicted octanol–water partition coefficient (Wildman–Crippen LogP) is 4.88. The van der Waals surface area contributed by atoms with Crippen molar-refractivity contribution in [2.75, 3.05) is 0 Å². The van der Waals surface area contributed by atoms with E-state index in [1.807, 2.05) is 0 Å². The Bertz CT molecular complexity index is 341. The summed E-state index contributed by atoms with van der Waals surface area (Å²) in [5, 5.41) is 8.35. The second-order valence-electron chi connectivity index (χ2n) is 4.98. The maximum Gasteiger partial charge on any atom is 0.0701 e. The van der Waals surface area contributed by atoms with E-state index in [9.17, 15) is 0 Å². The van der Waals surface area contributed by atoms with Gasteiger partial charge in [-0.05, 0) is 34.8 Å². The van der Waals surface area contributed by atoms with E-state index in [-0.39, 0.29) is 5.41 Å². The molecule has 17 heavy (non-hydrogen) atoms. The molecule has 96 valence electrons. The van der Waals surface area contributed by atoms with Crippen molar-refractivity contribution < 1.29 is 0 Å². The summed E-state index contributed by atoms with van der Waals surface area (Å²) in [4.78, 5) is 0. The molecule has 0 aliphatic rings. The lowest BCUT2D eigenvalue weighted by Gasteiger charge is -2.27. The summed E-state index contributed by atoms with van der Waals surface area (Å²) < 4.78 is 1.02. The maximum atomic E-state index is 4.30. The SMILES string of the molecule is CCCCCCC(C)(CC)c1cc(Br)cnn1. The molecule has 0 aromatic carbocycles. The van der Waals surface area contributed by atoms with Gasteiger partial charge in [0.2, 0.25) is 0 Å². The van der Waals surface area contributed by atoms with E-state index in [2.05, 4.69) is 53.0 Å². The van der Waals surface area contributed by atoms with Gasteiger partial charge in [0.05, 0.1) is 11.9 Å². The summed E-state index contributed by atoms with van der Waals surface area (Å²) >= 11 is 3.47. The van der Waals surface area contributed by atoms with Gasteiger partial charge in [-0.2, -0.15) is 10.2 Å². The van der Waals surface area contributed by atoms with Crippen molar-refractivity contribution >= 4 is 15.9 Å². The minimum Gasteiger partial charge on any atom is -0.158 e. The molecule has 3 heteroatoms. The lowest BCUT2D eigenvalue weighted by molar-refractivity contribution is 0.382. The van der Waals surface area contributed by atoms with Gasteiger partial charge < -0.3 is 0 Å². The summed E-state index contributed by atoms with van der Waals surface area (Å²) in [7, 11) is 0. The Morgan fingerprint density at radius 1 is 1.24 bits per heavy atom. The van der Waals surface area contributed by atoms with Crippen LogP contribution >= 0.6 is 15.9 Å². The third kappa shape index (κ3) is 4.38. The number of rotatable bonds is 7. The smallest absolute Gasteiger partial charge is 0.0701 e. The van der Waals surface area contributed by atoms with Gasteiger partial charge in [0, 0.05) is 9.89 Å². The van der Waals surface area contributed by atoms with Crippen LogP contribution in [-0.4, -0.2) is 10.2 Å². The number of nitrogens with zero attached hydrogens (tertiary/aromatic N) is 2. The third-order valence-electron chi connectivity index (χ3n) is 3.60. The minimum atomic E-state index is 0.171. The van der Waals surface area contributed by atoms with Crippen LogP contribution in [0.2, 0.25) is 0 Å². The average molecular weight is 299 g/mol. The normalized spacial score (nSPS) is 14.6. The van der Waals surface area contributed by atoms with Crippen molar-refractivity contribution in [3.8, 4) is 0 Å². The van der Waals surface area contributed by atoms with Crippen LogP contribution in [0.5, 0.6) is 0 Å². The maximum absolute atomic E-state index is 4.30. The molecule has 0 saturated heterocycles. The van der Waals surface area contributed by atoms with E-state index in [1.54, 1.807) is 6.20 Å². The van der Waals surface area contributed by atoms with Gasteiger partial charge in [0.15, 0.2) is 0 Å². The van der Waals surface area contributed by atoms with Gasteiger partial charge in [0.25, 0.3) is 0 Å². The Hall–Kier alpha value is -0.440. The average Bonchev–Trinajstić information content (AvgIpc) is 2.34. The van der Waals surface area contributed by atoms with Crippen molar-refractivity contribution in [1.29, 1.82) is 0 Å². The molecule has 0 N–H and O–H groups in total. The van der Waals surface area contributed by atoms with Gasteiger partial charge in [-0.25, -0.2) is 0 Å². The highest BCUT2D eigenvalue weighted by atomic mass is 79.9. The second kappa shape index (κ2) is 7.10. The van der Waals surface area contributed by atoms with Crippen LogP contribution in [-0.2, 0) is 5.41 Å². The monoisotopic (exact) mass is 298 g/mol. The Morgan fingerprint density at radius 3 is 2.59 bits per heavy atom. The Labute approximate surface area is 113 Å². The number of halogens is 1. The summed E-state index contributed by atoms with van der Waals surface area (Å²) in [5.74, 6) is 0. The van der Waals surface area contributed by atoms with E-state index < -0.39 is 0 Å². The molecular formula is C14H23BrN2. The zero-order valence-electron chi connectivity index (χ0n) is 11.2. The zero-order chi connectivity index (χ0) is 12.7. The highest BCUT2D eigenvalue weighted by molar-refractivity contribution is 9.10. The molecule has 1 atom stereocenters. The predicted molar refractivity (Wildman–Crippen MR) is 76.1 cm³/mol. The van der Waals surface area contributed by atoms with E-state index in [0.717, 1.165) is 16.6 Å². The van der Waals surface area contributed by atoms with Gasteiger partial charge in [-0.1, -0.05) is 46.5 Å². The van der Waals surface area contributed by atoms with Crippen LogP contribution < -0.4 is 0 Å². The molecule has 1 aromatic heterocycles. The Morgan fingerprint density at radius 2 is 2.00 bits per heavy atom. The van der Waals surface area contributed by atoms with Crippen LogP contribution in [0, 0.1) is 0 Å². The van der Waals surface area contributed by atoms with E-state index in [4.69, 9.17) is 0 Å². The molecular weight excluding hydrogens is 276 g/mol. The molecule has 2 nitrogen and oxygen atoms in total. The molecule has 0 spiro atoms. The third-order valence-corrected chi connectivity index (χ3v) is 4.04. The molecule has 0 aliphatic carbocycles. The van der Waals surface area contributed by atoms with E-state index >= 15 is 0 Å². The van der Waals surface area contributed by atoms with Crippen LogP contribution in [0.3, 0.4) is 0 Å². The first-order chi connectivity index (χ1) is 8.12. The highest BCUT2D eigenvalue weighted by Crippen LogP contribution is 2.32. The molecule has 0 radical (unpaired) electrons. The van der Waals surface area contributed by atoms with E-state index in [0.29, 0.717) is 0 Å². The first-order valence-electron chi connectivity index (χ1n) is 6.61. The fourth-order valence-corrected chi connectivity index (χ4v) is 2.37. The van der Waals surface area contributed by atoms with Crippen molar-refractivity contribution in [2.24, 2.45) is 0 Å². The lowest BCUT2D eigenvalue weighted by Crippen LogP contribution is -2.22. The fourth-order valence-electron chi connectivity index (χ4n) is 2.07. The molecule has 1 aromatic rings. The topological polar surface area (TPSA) is 25.8 Å². The summed E-state index contributed by atoms with van der Waals surface area (Å²) in [5.41, 5.74) is 1.29. The van der Waals surface area contributed by atoms with Crippen molar-refractivity contribution in [3.05, 3.63) is 22.4 Å². The van der Waals surface area contributed by atoms with Crippen LogP contribution in [0.15, 0.2) is 16.7 Å². The van der Waals surface area contributed by atoms with Gasteiger partial charge >= 0.3 is 0 Å². The number of hydrogen-bond donors (Lipinski definition) is 0. The Kier molecular flexibility index (Phi) is 6.10. The first kappa shape index (κ1) is 14.6. The number of hydrogen-bond acceptors (Lipinski definition) is 2. The van der Waals surface area contributed by atoms with Crippen molar-refractivity contribution in [3.63, 3.8) is 0 Å².